The fourth-order valence-electron chi connectivity index (χ4n) is 3.28. The Morgan fingerprint density at radius 2 is 1.42 bits per heavy atom. The van der Waals surface area contributed by atoms with Crippen molar-refractivity contribution in [2.24, 2.45) is 5.92 Å². The van der Waals surface area contributed by atoms with E-state index in [1.807, 2.05) is 0 Å². The first-order chi connectivity index (χ1) is 12.0. The van der Waals surface area contributed by atoms with Crippen molar-refractivity contribution < 1.29 is 35.1 Å². The third-order valence-electron chi connectivity index (χ3n) is 4.59. The predicted molar refractivity (Wildman–Crippen MR) is 80.5 cm³/mol. The maximum atomic E-state index is 13.7. The lowest BCUT2D eigenvalue weighted by Crippen LogP contribution is -2.15. The van der Waals surface area contributed by atoms with Gasteiger partial charge in [0, 0.05) is 6.42 Å². The maximum absolute atomic E-state index is 13.7. The minimum absolute atomic E-state index is 0.0728. The van der Waals surface area contributed by atoms with E-state index in [-0.39, 0.29) is 23.8 Å². The van der Waals surface area contributed by atoms with Gasteiger partial charge in [0.2, 0.25) is 0 Å². The largest absolute Gasteiger partial charge is 0.422 e. The lowest BCUT2D eigenvalue weighted by Gasteiger charge is -2.27. The van der Waals surface area contributed by atoms with E-state index in [1.165, 1.54) is 6.08 Å². The van der Waals surface area contributed by atoms with Gasteiger partial charge in [0.25, 0.3) is 0 Å². The molecule has 0 spiro atoms. The molecule has 0 unspecified atom stereocenters. The summed E-state index contributed by atoms with van der Waals surface area (Å²) >= 11 is 0. The first-order valence-corrected chi connectivity index (χ1v) is 8.27. The Kier molecular flexibility index (Phi) is 6.34. The van der Waals surface area contributed by atoms with Crippen molar-refractivity contribution in [1.29, 1.82) is 0 Å². The van der Waals surface area contributed by atoms with Crippen LogP contribution in [0.25, 0.3) is 0 Å². The highest BCUT2D eigenvalue weighted by Gasteiger charge is 2.38. The lowest BCUT2D eigenvalue weighted by atomic mass is 9.78. The SMILES string of the molecule is Fc1cc([C@H]2CC[C@H](C=CCCC(F)(F)F)CC2)cc(F)c1C(F)(F)F. The minimum atomic E-state index is -5.09. The highest BCUT2D eigenvalue weighted by Crippen LogP contribution is 2.40. The molecule has 0 N–H and O–H groups in total. The van der Waals surface area contributed by atoms with Gasteiger partial charge in [0.05, 0.1) is 0 Å². The van der Waals surface area contributed by atoms with Gasteiger partial charge in [0.15, 0.2) is 0 Å². The molecule has 0 aromatic heterocycles. The summed E-state index contributed by atoms with van der Waals surface area (Å²) in [6, 6.07) is 1.46. The summed E-state index contributed by atoms with van der Waals surface area (Å²) in [6.07, 6.45) is -4.83. The molecular formula is C18H18F8. The number of halogens is 8. The van der Waals surface area contributed by atoms with E-state index in [0.29, 0.717) is 25.7 Å². The Morgan fingerprint density at radius 1 is 0.885 bits per heavy atom. The first-order valence-electron chi connectivity index (χ1n) is 8.27. The number of hydrogen-bond acceptors (Lipinski definition) is 0. The summed E-state index contributed by atoms with van der Waals surface area (Å²) in [5.74, 6) is -3.44. The second-order valence-electron chi connectivity index (χ2n) is 6.55. The van der Waals surface area contributed by atoms with Crippen molar-refractivity contribution in [3.8, 4) is 0 Å². The molecule has 1 aliphatic rings. The van der Waals surface area contributed by atoms with Crippen LogP contribution in [0.2, 0.25) is 0 Å². The Balaban J connectivity index is 1.95. The van der Waals surface area contributed by atoms with Crippen LogP contribution >= 0.6 is 0 Å². The van der Waals surface area contributed by atoms with E-state index in [4.69, 9.17) is 0 Å². The number of rotatable bonds is 4. The van der Waals surface area contributed by atoms with Crippen LogP contribution in [0.5, 0.6) is 0 Å². The molecule has 8 heteroatoms. The second-order valence-corrected chi connectivity index (χ2v) is 6.55. The first kappa shape index (κ1) is 20.7. The van der Waals surface area contributed by atoms with E-state index >= 15 is 0 Å². The average molecular weight is 386 g/mol. The molecule has 0 heterocycles. The molecular weight excluding hydrogens is 368 g/mol. The molecule has 1 aromatic carbocycles. The van der Waals surface area contributed by atoms with Gasteiger partial charge in [-0.25, -0.2) is 8.78 Å². The fraction of sp³-hybridized carbons (Fsp3) is 0.556. The molecule has 0 bridgehead atoms. The van der Waals surface area contributed by atoms with E-state index < -0.39 is 36.0 Å². The smallest absolute Gasteiger partial charge is 0.206 e. The van der Waals surface area contributed by atoms with Gasteiger partial charge < -0.3 is 0 Å². The topological polar surface area (TPSA) is 0 Å². The zero-order valence-electron chi connectivity index (χ0n) is 13.7. The summed E-state index contributed by atoms with van der Waals surface area (Å²) in [5, 5.41) is 0. The van der Waals surface area contributed by atoms with Crippen molar-refractivity contribution in [1.82, 2.24) is 0 Å². The summed E-state index contributed by atoms with van der Waals surface area (Å²) in [5.41, 5.74) is -1.70. The van der Waals surface area contributed by atoms with Gasteiger partial charge in [-0.2, -0.15) is 26.3 Å². The number of benzene rings is 1. The van der Waals surface area contributed by atoms with Gasteiger partial charge in [0.1, 0.15) is 17.2 Å². The molecule has 0 radical (unpaired) electrons. The van der Waals surface area contributed by atoms with Crippen LogP contribution < -0.4 is 0 Å². The van der Waals surface area contributed by atoms with E-state index in [9.17, 15) is 35.1 Å². The van der Waals surface area contributed by atoms with Crippen LogP contribution in [0.1, 0.15) is 55.6 Å². The van der Waals surface area contributed by atoms with E-state index in [1.54, 1.807) is 6.08 Å². The molecule has 0 nitrogen and oxygen atoms in total. The molecule has 1 aromatic rings. The van der Waals surface area contributed by atoms with Crippen molar-refractivity contribution in [2.75, 3.05) is 0 Å². The Morgan fingerprint density at radius 3 is 1.88 bits per heavy atom. The Hall–Kier alpha value is -1.60. The van der Waals surface area contributed by atoms with Gasteiger partial charge in [-0.15, -0.1) is 0 Å². The van der Waals surface area contributed by atoms with Crippen LogP contribution in [0, 0.1) is 17.6 Å². The standard InChI is InChI=1S/C18H18F8/c19-14-9-13(10-15(20)16(14)18(24,25)26)12-6-4-11(5-7-12)3-1-2-8-17(21,22)23/h1,3,9-12H,2,4-8H2/t11-,12-. The zero-order chi connectivity index (χ0) is 19.5. The molecule has 1 saturated carbocycles. The molecule has 26 heavy (non-hydrogen) atoms. The number of alkyl halides is 6. The monoisotopic (exact) mass is 386 g/mol. The normalized spacial score (nSPS) is 22.2. The molecule has 1 fully saturated rings. The number of hydrogen-bond donors (Lipinski definition) is 0. The number of allylic oxidation sites excluding steroid dienone is 2. The summed E-state index contributed by atoms with van der Waals surface area (Å²) in [6.45, 7) is 0. The van der Waals surface area contributed by atoms with Crippen LogP contribution in [0.15, 0.2) is 24.3 Å². The highest BCUT2D eigenvalue weighted by molar-refractivity contribution is 5.30. The third kappa shape index (κ3) is 5.71. The molecule has 1 aliphatic carbocycles. The van der Waals surface area contributed by atoms with Gasteiger partial charge in [-0.05, 0) is 61.6 Å². The quantitative estimate of drug-likeness (QED) is 0.381. The predicted octanol–water partition coefficient (Wildman–Crippen LogP) is 7.16. The molecule has 0 atom stereocenters. The van der Waals surface area contributed by atoms with Gasteiger partial charge in [-0.1, -0.05) is 12.2 Å². The zero-order valence-corrected chi connectivity index (χ0v) is 13.7. The molecule has 0 saturated heterocycles. The van der Waals surface area contributed by atoms with Crippen LogP contribution in [0.4, 0.5) is 35.1 Å². The Bertz CT molecular complexity index is 611. The highest BCUT2D eigenvalue weighted by atomic mass is 19.4. The van der Waals surface area contributed by atoms with Crippen LogP contribution in [-0.2, 0) is 6.18 Å². The van der Waals surface area contributed by atoms with Crippen LogP contribution in [0.3, 0.4) is 0 Å². The third-order valence-corrected chi connectivity index (χ3v) is 4.59. The molecule has 146 valence electrons. The van der Waals surface area contributed by atoms with Crippen LogP contribution in [-0.4, -0.2) is 6.18 Å². The van der Waals surface area contributed by atoms with Gasteiger partial charge >= 0.3 is 12.4 Å². The summed E-state index contributed by atoms with van der Waals surface area (Å²) < 4.78 is 101. The maximum Gasteiger partial charge on any atom is 0.422 e. The minimum Gasteiger partial charge on any atom is -0.206 e. The Labute approximate surface area is 145 Å². The van der Waals surface area contributed by atoms with E-state index in [0.717, 1.165) is 12.1 Å². The molecule has 2 rings (SSSR count). The molecule has 0 amide bonds. The fourth-order valence-corrected chi connectivity index (χ4v) is 3.28. The van der Waals surface area contributed by atoms with Crippen molar-refractivity contribution in [2.45, 2.75) is 56.8 Å². The van der Waals surface area contributed by atoms with E-state index in [2.05, 4.69) is 0 Å². The average Bonchev–Trinajstić information content (AvgIpc) is 2.49. The second kappa shape index (κ2) is 7.96. The summed E-state index contributed by atoms with van der Waals surface area (Å²) in [7, 11) is 0. The summed E-state index contributed by atoms with van der Waals surface area (Å²) in [4.78, 5) is 0. The lowest BCUT2D eigenvalue weighted by molar-refractivity contribution is -0.142. The van der Waals surface area contributed by atoms with Crippen molar-refractivity contribution in [3.05, 3.63) is 47.0 Å². The van der Waals surface area contributed by atoms with Gasteiger partial charge in [-0.3, -0.25) is 0 Å². The molecule has 0 aliphatic heterocycles. The van der Waals surface area contributed by atoms with Crippen molar-refractivity contribution in [3.63, 3.8) is 0 Å². The van der Waals surface area contributed by atoms with Crippen molar-refractivity contribution >= 4 is 0 Å².